The second-order valence-electron chi connectivity index (χ2n) is 7.74. The standard InChI is InChI=1S/C24H24BNO/c1-19-14-16-22(17-15-19)25-26-18-8-13-23(26)24(27-25,20-9-4-2-5-10-20)21-11-6-3-7-12-21/h2-7,9-12,14-17,23H,8,13,18H2,1H3/t23-/m1/s1. The highest BCUT2D eigenvalue weighted by Crippen LogP contribution is 2.48. The highest BCUT2D eigenvalue weighted by Gasteiger charge is 2.58. The summed E-state index contributed by atoms with van der Waals surface area (Å²) in [6.07, 6.45) is 2.38. The minimum Gasteiger partial charge on any atom is -0.402 e. The summed E-state index contributed by atoms with van der Waals surface area (Å²) in [5.41, 5.74) is 4.62. The van der Waals surface area contributed by atoms with E-state index < -0.39 is 5.60 Å². The van der Waals surface area contributed by atoms with Gasteiger partial charge in [0, 0.05) is 6.04 Å². The van der Waals surface area contributed by atoms with E-state index in [-0.39, 0.29) is 7.05 Å². The van der Waals surface area contributed by atoms with Crippen molar-refractivity contribution in [2.24, 2.45) is 0 Å². The van der Waals surface area contributed by atoms with Gasteiger partial charge < -0.3 is 9.47 Å². The molecule has 2 saturated heterocycles. The maximum absolute atomic E-state index is 7.04. The fraction of sp³-hybridized carbons (Fsp3) is 0.250. The van der Waals surface area contributed by atoms with Crippen molar-refractivity contribution in [2.45, 2.75) is 31.4 Å². The van der Waals surface area contributed by atoms with E-state index in [1.165, 1.54) is 28.6 Å². The number of nitrogens with zero attached hydrogens (tertiary/aromatic N) is 1. The van der Waals surface area contributed by atoms with E-state index in [0.29, 0.717) is 6.04 Å². The predicted molar refractivity (Wildman–Crippen MR) is 111 cm³/mol. The van der Waals surface area contributed by atoms with Gasteiger partial charge in [0.2, 0.25) is 0 Å². The van der Waals surface area contributed by atoms with Gasteiger partial charge in [-0.25, -0.2) is 0 Å². The van der Waals surface area contributed by atoms with Crippen molar-refractivity contribution in [1.29, 1.82) is 0 Å². The molecule has 134 valence electrons. The number of fused-ring (bicyclic) bond motifs is 1. The van der Waals surface area contributed by atoms with Crippen LogP contribution < -0.4 is 5.46 Å². The maximum atomic E-state index is 7.04. The molecule has 0 N–H and O–H groups in total. The molecule has 2 heterocycles. The first-order chi connectivity index (χ1) is 13.3. The number of hydrogen-bond donors (Lipinski definition) is 0. The summed E-state index contributed by atoms with van der Waals surface area (Å²) in [6, 6.07) is 30.8. The van der Waals surface area contributed by atoms with Crippen molar-refractivity contribution in [3.05, 3.63) is 102 Å². The van der Waals surface area contributed by atoms with Gasteiger partial charge in [-0.05, 0) is 42.9 Å². The summed E-state index contributed by atoms with van der Waals surface area (Å²) in [5.74, 6) is 0. The van der Waals surface area contributed by atoms with E-state index in [1.54, 1.807) is 0 Å². The predicted octanol–water partition coefficient (Wildman–Crippen LogP) is 4.13. The quantitative estimate of drug-likeness (QED) is 0.657. The fourth-order valence-corrected chi connectivity index (χ4v) is 4.88. The molecular formula is C24H24BNO. The van der Waals surface area contributed by atoms with E-state index in [4.69, 9.17) is 4.65 Å². The van der Waals surface area contributed by atoms with Crippen LogP contribution in [0.15, 0.2) is 84.9 Å². The SMILES string of the molecule is Cc1ccc(B2OC(c3ccccc3)(c3ccccc3)[C@H]3CCCN23)cc1. The van der Waals surface area contributed by atoms with Gasteiger partial charge in [-0.3, -0.25) is 0 Å². The van der Waals surface area contributed by atoms with Crippen molar-refractivity contribution in [2.75, 3.05) is 6.54 Å². The van der Waals surface area contributed by atoms with Crippen LogP contribution >= 0.6 is 0 Å². The van der Waals surface area contributed by atoms with Crippen molar-refractivity contribution in [3.63, 3.8) is 0 Å². The van der Waals surface area contributed by atoms with Crippen molar-refractivity contribution in [1.82, 2.24) is 4.81 Å². The Morgan fingerprint density at radius 2 is 1.44 bits per heavy atom. The van der Waals surface area contributed by atoms with Crippen molar-refractivity contribution >= 4 is 12.5 Å². The van der Waals surface area contributed by atoms with Crippen LogP contribution in [0.25, 0.3) is 0 Å². The van der Waals surface area contributed by atoms with E-state index >= 15 is 0 Å². The molecule has 0 bridgehead atoms. The van der Waals surface area contributed by atoms with Crippen LogP contribution in [-0.2, 0) is 10.3 Å². The van der Waals surface area contributed by atoms with E-state index in [1.807, 2.05) is 0 Å². The van der Waals surface area contributed by atoms with Gasteiger partial charge in [0.25, 0.3) is 0 Å². The van der Waals surface area contributed by atoms with Gasteiger partial charge in [0.15, 0.2) is 0 Å². The summed E-state index contributed by atoms with van der Waals surface area (Å²) < 4.78 is 7.04. The summed E-state index contributed by atoms with van der Waals surface area (Å²) in [7, 11) is -0.00138. The molecule has 0 aliphatic carbocycles. The molecular weight excluding hydrogens is 329 g/mol. The van der Waals surface area contributed by atoms with Gasteiger partial charge in [-0.1, -0.05) is 90.5 Å². The molecule has 2 nitrogen and oxygen atoms in total. The number of aryl methyl sites for hydroxylation is 1. The first-order valence-corrected chi connectivity index (χ1v) is 9.90. The van der Waals surface area contributed by atoms with Gasteiger partial charge >= 0.3 is 7.05 Å². The van der Waals surface area contributed by atoms with Crippen LogP contribution in [0.3, 0.4) is 0 Å². The third-order valence-corrected chi connectivity index (χ3v) is 6.13. The monoisotopic (exact) mass is 353 g/mol. The Morgan fingerprint density at radius 3 is 2.04 bits per heavy atom. The average molecular weight is 353 g/mol. The maximum Gasteiger partial charge on any atom is 0.419 e. The largest absolute Gasteiger partial charge is 0.419 e. The zero-order chi connectivity index (χ0) is 18.3. The molecule has 0 unspecified atom stereocenters. The smallest absolute Gasteiger partial charge is 0.402 e. The molecule has 5 rings (SSSR count). The highest BCUT2D eigenvalue weighted by molar-refractivity contribution is 6.65. The first-order valence-electron chi connectivity index (χ1n) is 9.90. The average Bonchev–Trinajstić information content (AvgIpc) is 3.32. The van der Waals surface area contributed by atoms with Crippen LogP contribution in [-0.4, -0.2) is 24.4 Å². The Labute approximate surface area is 161 Å². The van der Waals surface area contributed by atoms with Crippen molar-refractivity contribution in [3.8, 4) is 0 Å². The van der Waals surface area contributed by atoms with Crippen LogP contribution in [0.5, 0.6) is 0 Å². The molecule has 3 heteroatoms. The van der Waals surface area contributed by atoms with Crippen LogP contribution in [0.4, 0.5) is 0 Å². The summed E-state index contributed by atoms with van der Waals surface area (Å²) in [5, 5.41) is 0. The first kappa shape index (κ1) is 16.8. The zero-order valence-electron chi connectivity index (χ0n) is 15.7. The van der Waals surface area contributed by atoms with Gasteiger partial charge in [0.05, 0.1) is 0 Å². The Balaban J connectivity index is 1.68. The molecule has 3 aromatic carbocycles. The van der Waals surface area contributed by atoms with Crippen LogP contribution in [0.1, 0.15) is 29.5 Å². The fourth-order valence-electron chi connectivity index (χ4n) is 4.88. The van der Waals surface area contributed by atoms with Crippen LogP contribution in [0.2, 0.25) is 0 Å². The van der Waals surface area contributed by atoms with Crippen LogP contribution in [0, 0.1) is 6.92 Å². The molecule has 2 aliphatic rings. The lowest BCUT2D eigenvalue weighted by molar-refractivity contribution is 0.106. The molecule has 0 radical (unpaired) electrons. The number of benzene rings is 3. The number of rotatable bonds is 3. The lowest BCUT2D eigenvalue weighted by Gasteiger charge is -2.36. The lowest BCUT2D eigenvalue weighted by Crippen LogP contribution is -2.45. The molecule has 27 heavy (non-hydrogen) atoms. The summed E-state index contributed by atoms with van der Waals surface area (Å²) in [6.45, 7) is 3.22. The summed E-state index contributed by atoms with van der Waals surface area (Å²) in [4.78, 5) is 2.57. The Hall–Kier alpha value is -2.36. The van der Waals surface area contributed by atoms with Crippen molar-refractivity contribution < 1.29 is 4.65 Å². The second kappa shape index (κ2) is 6.67. The van der Waals surface area contributed by atoms with Gasteiger partial charge in [0.1, 0.15) is 5.60 Å². The third kappa shape index (κ3) is 2.65. The Morgan fingerprint density at radius 1 is 0.852 bits per heavy atom. The Bertz CT molecular complexity index is 871. The number of hydrogen-bond acceptors (Lipinski definition) is 2. The lowest BCUT2D eigenvalue weighted by atomic mass is 9.72. The Kier molecular flexibility index (Phi) is 4.15. The van der Waals surface area contributed by atoms with E-state index in [9.17, 15) is 0 Å². The zero-order valence-corrected chi connectivity index (χ0v) is 15.7. The molecule has 0 aromatic heterocycles. The van der Waals surface area contributed by atoms with Gasteiger partial charge in [-0.15, -0.1) is 0 Å². The summed E-state index contributed by atoms with van der Waals surface area (Å²) >= 11 is 0. The highest BCUT2D eigenvalue weighted by atomic mass is 16.5. The molecule has 3 aromatic rings. The molecule has 1 atom stereocenters. The molecule has 0 amide bonds. The normalized spacial score (nSPS) is 21.4. The molecule has 2 fully saturated rings. The molecule has 0 saturated carbocycles. The minimum absolute atomic E-state index is 0.00138. The molecule has 0 spiro atoms. The van der Waals surface area contributed by atoms with Gasteiger partial charge in [-0.2, -0.15) is 0 Å². The van der Waals surface area contributed by atoms with E-state index in [2.05, 4.69) is 96.7 Å². The van der Waals surface area contributed by atoms with E-state index in [0.717, 1.165) is 13.0 Å². The minimum atomic E-state index is -0.422. The molecule has 2 aliphatic heterocycles. The topological polar surface area (TPSA) is 12.5 Å². The second-order valence-corrected chi connectivity index (χ2v) is 7.74. The third-order valence-electron chi connectivity index (χ3n) is 6.13.